The number of hydrogen-bond donors (Lipinski definition) is 3. The van der Waals surface area contributed by atoms with Gasteiger partial charge in [-0.3, -0.25) is 14.9 Å². The Morgan fingerprint density at radius 1 is 1.17 bits per heavy atom. The number of carbonyl (C=O) groups is 3. The third kappa shape index (κ3) is 3.75. The van der Waals surface area contributed by atoms with Crippen molar-refractivity contribution in [1.29, 1.82) is 0 Å². The fourth-order valence-electron chi connectivity index (χ4n) is 2.33. The maximum atomic E-state index is 11.9. The predicted molar refractivity (Wildman–Crippen MR) is 87.1 cm³/mol. The molecule has 0 aliphatic carbocycles. The van der Waals surface area contributed by atoms with Crippen molar-refractivity contribution in [3.63, 3.8) is 0 Å². The molecule has 0 spiro atoms. The van der Waals surface area contributed by atoms with E-state index in [1.54, 1.807) is 35.6 Å². The van der Waals surface area contributed by atoms with E-state index in [1.807, 2.05) is 17.5 Å². The van der Waals surface area contributed by atoms with Crippen LogP contribution in [-0.2, 0) is 16.0 Å². The highest BCUT2D eigenvalue weighted by Crippen LogP contribution is 2.19. The van der Waals surface area contributed by atoms with Gasteiger partial charge in [-0.15, -0.1) is 11.3 Å². The van der Waals surface area contributed by atoms with Gasteiger partial charge in [0.25, 0.3) is 5.91 Å². The van der Waals surface area contributed by atoms with Crippen LogP contribution in [0.2, 0.25) is 0 Å². The lowest BCUT2D eigenvalue weighted by molar-refractivity contribution is -0.120. The van der Waals surface area contributed by atoms with Gasteiger partial charge in [-0.05, 0) is 35.6 Å². The molecule has 3 N–H and O–H groups in total. The summed E-state index contributed by atoms with van der Waals surface area (Å²) in [5.41, 5.74) is 1.33. The van der Waals surface area contributed by atoms with Crippen molar-refractivity contribution in [3.8, 4) is 0 Å². The standard InChI is InChI=1S/C16H15N3O3S/c20-13(8-7-12-2-1-9-23-12)17-11-5-3-10(4-6-11)14-15(21)19-16(22)18-14/h1-6,9,14H,7-8H2,(H,17,20)(H2,18,19,21,22). The van der Waals surface area contributed by atoms with Crippen LogP contribution in [0.1, 0.15) is 22.9 Å². The smallest absolute Gasteiger partial charge is 0.322 e. The van der Waals surface area contributed by atoms with Crippen LogP contribution in [0.15, 0.2) is 41.8 Å². The number of anilines is 1. The molecule has 0 bridgehead atoms. The number of thiophene rings is 1. The lowest BCUT2D eigenvalue weighted by Gasteiger charge is -2.09. The van der Waals surface area contributed by atoms with Crippen molar-refractivity contribution in [2.45, 2.75) is 18.9 Å². The van der Waals surface area contributed by atoms with E-state index < -0.39 is 12.1 Å². The van der Waals surface area contributed by atoms with E-state index in [4.69, 9.17) is 0 Å². The highest BCUT2D eigenvalue weighted by molar-refractivity contribution is 7.09. The number of urea groups is 1. The van der Waals surface area contributed by atoms with Gasteiger partial charge in [0.2, 0.25) is 5.91 Å². The first-order chi connectivity index (χ1) is 11.1. The predicted octanol–water partition coefficient (Wildman–Crippen LogP) is 2.20. The summed E-state index contributed by atoms with van der Waals surface area (Å²) in [5, 5.41) is 9.52. The van der Waals surface area contributed by atoms with Crippen molar-refractivity contribution >= 4 is 34.9 Å². The highest BCUT2D eigenvalue weighted by atomic mass is 32.1. The number of amides is 4. The van der Waals surface area contributed by atoms with Gasteiger partial charge >= 0.3 is 6.03 Å². The fourth-order valence-corrected chi connectivity index (χ4v) is 3.03. The summed E-state index contributed by atoms with van der Waals surface area (Å²) in [6.07, 6.45) is 1.14. The van der Waals surface area contributed by atoms with E-state index in [-0.39, 0.29) is 11.8 Å². The van der Waals surface area contributed by atoms with Crippen molar-refractivity contribution in [2.24, 2.45) is 0 Å². The Bertz CT molecular complexity index is 726. The molecule has 2 aromatic rings. The van der Waals surface area contributed by atoms with Gasteiger partial charge in [-0.2, -0.15) is 0 Å². The average molecular weight is 329 g/mol. The lowest BCUT2D eigenvalue weighted by Crippen LogP contribution is -2.22. The zero-order chi connectivity index (χ0) is 16.2. The molecule has 7 heteroatoms. The van der Waals surface area contributed by atoms with E-state index in [0.29, 0.717) is 17.7 Å². The SMILES string of the molecule is O=C(CCc1cccs1)Nc1ccc(C2NC(=O)NC2=O)cc1. The van der Waals surface area contributed by atoms with Crippen LogP contribution in [0.25, 0.3) is 0 Å². The number of rotatable bonds is 5. The molecule has 1 aromatic carbocycles. The third-order valence-electron chi connectivity index (χ3n) is 3.48. The van der Waals surface area contributed by atoms with Gasteiger partial charge in [0.15, 0.2) is 0 Å². The zero-order valence-corrected chi connectivity index (χ0v) is 13.0. The summed E-state index contributed by atoms with van der Waals surface area (Å²) >= 11 is 1.64. The van der Waals surface area contributed by atoms with Crippen LogP contribution < -0.4 is 16.0 Å². The van der Waals surface area contributed by atoms with Crippen LogP contribution >= 0.6 is 11.3 Å². The minimum Gasteiger partial charge on any atom is -0.326 e. The Hall–Kier alpha value is -2.67. The van der Waals surface area contributed by atoms with Gasteiger partial charge < -0.3 is 10.6 Å². The summed E-state index contributed by atoms with van der Waals surface area (Å²) in [6, 6.07) is 9.67. The molecule has 1 unspecified atom stereocenters. The van der Waals surface area contributed by atoms with Crippen molar-refractivity contribution in [1.82, 2.24) is 10.6 Å². The fraction of sp³-hybridized carbons (Fsp3) is 0.188. The maximum Gasteiger partial charge on any atom is 0.322 e. The minimum absolute atomic E-state index is 0.0573. The molecule has 118 valence electrons. The van der Waals surface area contributed by atoms with Crippen molar-refractivity contribution in [3.05, 3.63) is 52.2 Å². The second kappa shape index (κ2) is 6.62. The number of carbonyl (C=O) groups excluding carboxylic acids is 3. The molecular weight excluding hydrogens is 314 g/mol. The number of imide groups is 1. The summed E-state index contributed by atoms with van der Waals surface area (Å²) in [4.78, 5) is 35.8. The monoisotopic (exact) mass is 329 g/mol. The molecular formula is C16H15N3O3S. The summed E-state index contributed by atoms with van der Waals surface area (Å²) < 4.78 is 0. The van der Waals surface area contributed by atoms with E-state index >= 15 is 0 Å². The Morgan fingerprint density at radius 2 is 1.96 bits per heavy atom. The van der Waals surface area contributed by atoms with E-state index in [2.05, 4.69) is 16.0 Å². The number of benzene rings is 1. The zero-order valence-electron chi connectivity index (χ0n) is 12.2. The van der Waals surface area contributed by atoms with Crippen LogP contribution in [0.3, 0.4) is 0 Å². The number of nitrogens with one attached hydrogen (secondary N) is 3. The van der Waals surface area contributed by atoms with Gasteiger partial charge in [-0.1, -0.05) is 18.2 Å². The van der Waals surface area contributed by atoms with Crippen LogP contribution in [0, 0.1) is 0 Å². The first-order valence-electron chi connectivity index (χ1n) is 7.15. The maximum absolute atomic E-state index is 11.9. The summed E-state index contributed by atoms with van der Waals surface area (Å²) in [6.45, 7) is 0. The second-order valence-corrected chi connectivity index (χ2v) is 6.18. The number of aryl methyl sites for hydroxylation is 1. The minimum atomic E-state index is -0.675. The Morgan fingerprint density at radius 3 is 2.57 bits per heavy atom. The van der Waals surface area contributed by atoms with Gasteiger partial charge in [0.05, 0.1) is 0 Å². The molecule has 1 aromatic heterocycles. The third-order valence-corrected chi connectivity index (χ3v) is 4.42. The van der Waals surface area contributed by atoms with Crippen LogP contribution in [0.4, 0.5) is 10.5 Å². The first kappa shape index (κ1) is 15.2. The lowest BCUT2D eigenvalue weighted by atomic mass is 10.1. The van der Waals surface area contributed by atoms with E-state index in [1.165, 1.54) is 4.88 Å². The van der Waals surface area contributed by atoms with Gasteiger partial charge in [-0.25, -0.2) is 4.79 Å². The number of hydrogen-bond acceptors (Lipinski definition) is 4. The molecule has 6 nitrogen and oxygen atoms in total. The van der Waals surface area contributed by atoms with Crippen LogP contribution in [-0.4, -0.2) is 17.8 Å². The Labute approximate surface area is 136 Å². The first-order valence-corrected chi connectivity index (χ1v) is 8.03. The van der Waals surface area contributed by atoms with Crippen LogP contribution in [0.5, 0.6) is 0 Å². The molecule has 23 heavy (non-hydrogen) atoms. The molecule has 1 aliphatic heterocycles. The second-order valence-electron chi connectivity index (χ2n) is 5.15. The van der Waals surface area contributed by atoms with E-state index in [9.17, 15) is 14.4 Å². The van der Waals surface area contributed by atoms with Crippen molar-refractivity contribution in [2.75, 3.05) is 5.32 Å². The van der Waals surface area contributed by atoms with Gasteiger partial charge in [0.1, 0.15) is 6.04 Å². The summed E-state index contributed by atoms with van der Waals surface area (Å²) in [5.74, 6) is -0.430. The molecule has 0 radical (unpaired) electrons. The van der Waals surface area contributed by atoms with Gasteiger partial charge in [0, 0.05) is 17.0 Å². The molecule has 1 saturated heterocycles. The molecule has 0 saturated carbocycles. The highest BCUT2D eigenvalue weighted by Gasteiger charge is 2.30. The molecule has 1 atom stereocenters. The molecule has 2 heterocycles. The Kier molecular flexibility index (Phi) is 4.38. The normalized spacial score (nSPS) is 16.8. The molecule has 4 amide bonds. The van der Waals surface area contributed by atoms with E-state index in [0.717, 1.165) is 6.42 Å². The average Bonchev–Trinajstić information content (AvgIpc) is 3.15. The Balaban J connectivity index is 1.56. The molecule has 3 rings (SSSR count). The van der Waals surface area contributed by atoms with Crippen molar-refractivity contribution < 1.29 is 14.4 Å². The molecule has 1 fully saturated rings. The summed E-state index contributed by atoms with van der Waals surface area (Å²) in [7, 11) is 0. The largest absolute Gasteiger partial charge is 0.326 e. The topological polar surface area (TPSA) is 87.3 Å². The molecule has 1 aliphatic rings. The quantitative estimate of drug-likeness (QED) is 0.735.